The lowest BCUT2D eigenvalue weighted by Crippen LogP contribution is -2.45. The zero-order valence-electron chi connectivity index (χ0n) is 17.3. The second-order valence-corrected chi connectivity index (χ2v) is 9.57. The lowest BCUT2D eigenvalue weighted by molar-refractivity contribution is -0.126. The summed E-state index contributed by atoms with van der Waals surface area (Å²) in [4.78, 5) is 17.5. The fraction of sp³-hybridized carbons (Fsp3) is 0.364. The maximum absolute atomic E-state index is 13.2. The molecule has 1 aliphatic rings. The van der Waals surface area contributed by atoms with Crippen molar-refractivity contribution in [1.29, 1.82) is 0 Å². The van der Waals surface area contributed by atoms with Crippen molar-refractivity contribution in [2.45, 2.75) is 37.8 Å². The molecule has 1 amide bonds. The van der Waals surface area contributed by atoms with Gasteiger partial charge in [0.15, 0.2) is 0 Å². The van der Waals surface area contributed by atoms with E-state index in [-0.39, 0.29) is 23.9 Å². The molecule has 3 aromatic rings. The number of halogens is 1. The Morgan fingerprint density at radius 3 is 2.68 bits per heavy atom. The topological polar surface area (TPSA) is 84.3 Å². The van der Waals surface area contributed by atoms with Crippen LogP contribution in [0.5, 0.6) is 0 Å². The van der Waals surface area contributed by atoms with Crippen molar-refractivity contribution in [2.24, 2.45) is 5.92 Å². The third-order valence-corrected chi connectivity index (χ3v) is 7.56. The van der Waals surface area contributed by atoms with Crippen LogP contribution < -0.4 is 5.32 Å². The number of benzene rings is 2. The Balaban J connectivity index is 1.44. The van der Waals surface area contributed by atoms with Gasteiger partial charge in [-0.2, -0.15) is 4.31 Å². The monoisotopic (exact) mass is 444 g/mol. The average Bonchev–Trinajstić information content (AvgIpc) is 3.15. The smallest absolute Gasteiger partial charge is 0.243 e. The molecule has 164 valence electrons. The number of imidazole rings is 1. The predicted molar refractivity (Wildman–Crippen MR) is 115 cm³/mol. The number of sulfonamides is 1. The lowest BCUT2D eigenvalue weighted by atomic mass is 9.99. The molecule has 1 fully saturated rings. The summed E-state index contributed by atoms with van der Waals surface area (Å²) in [6.07, 6.45) is 1.21. The second kappa shape index (κ2) is 8.76. The Morgan fingerprint density at radius 2 is 1.94 bits per heavy atom. The third kappa shape index (κ3) is 4.33. The fourth-order valence-corrected chi connectivity index (χ4v) is 5.58. The molecular formula is C22H25FN4O3S. The van der Waals surface area contributed by atoms with E-state index < -0.39 is 21.8 Å². The normalized spacial score (nSPS) is 17.7. The highest BCUT2D eigenvalue weighted by Crippen LogP contribution is 2.24. The number of aromatic nitrogens is 2. The van der Waals surface area contributed by atoms with E-state index in [1.165, 1.54) is 16.4 Å². The summed E-state index contributed by atoms with van der Waals surface area (Å²) in [6.45, 7) is 3.49. The van der Waals surface area contributed by atoms with Gasteiger partial charge in [-0.05, 0) is 56.2 Å². The fourth-order valence-electron chi connectivity index (χ4n) is 4.05. The molecule has 1 saturated heterocycles. The largest absolute Gasteiger partial charge is 0.349 e. The first kappa shape index (κ1) is 21.5. The highest BCUT2D eigenvalue weighted by molar-refractivity contribution is 7.89. The average molecular weight is 445 g/mol. The van der Waals surface area contributed by atoms with Gasteiger partial charge in [-0.1, -0.05) is 12.1 Å². The van der Waals surface area contributed by atoms with Gasteiger partial charge < -0.3 is 9.88 Å². The molecule has 1 N–H and O–H groups in total. The number of fused-ring (bicyclic) bond motifs is 1. The first-order valence-corrected chi connectivity index (χ1v) is 11.8. The number of nitrogens with one attached hydrogen (secondary N) is 1. The molecule has 1 aliphatic heterocycles. The molecular weight excluding hydrogens is 419 g/mol. The van der Waals surface area contributed by atoms with E-state index in [2.05, 4.69) is 14.9 Å². The molecule has 1 atom stereocenters. The van der Waals surface area contributed by atoms with Crippen molar-refractivity contribution in [1.82, 2.24) is 19.2 Å². The van der Waals surface area contributed by atoms with Crippen LogP contribution in [0.4, 0.5) is 4.39 Å². The molecule has 0 spiro atoms. The van der Waals surface area contributed by atoms with Crippen LogP contribution in [0.25, 0.3) is 11.0 Å². The summed E-state index contributed by atoms with van der Waals surface area (Å²) >= 11 is 0. The maximum atomic E-state index is 13.2. The minimum absolute atomic E-state index is 0.0339. The number of hydrogen-bond donors (Lipinski definition) is 1. The highest BCUT2D eigenvalue weighted by Gasteiger charge is 2.33. The van der Waals surface area contributed by atoms with Gasteiger partial charge in [0.05, 0.1) is 28.4 Å². The van der Waals surface area contributed by atoms with E-state index in [0.29, 0.717) is 19.4 Å². The minimum Gasteiger partial charge on any atom is -0.349 e. The van der Waals surface area contributed by atoms with Crippen LogP contribution in [0.3, 0.4) is 0 Å². The molecule has 4 rings (SSSR count). The van der Waals surface area contributed by atoms with Crippen molar-refractivity contribution >= 4 is 27.0 Å². The van der Waals surface area contributed by atoms with E-state index in [1.807, 2.05) is 31.2 Å². The van der Waals surface area contributed by atoms with Crippen molar-refractivity contribution < 1.29 is 17.6 Å². The highest BCUT2D eigenvalue weighted by atomic mass is 32.2. The molecule has 0 saturated carbocycles. The number of rotatable bonds is 6. The summed E-state index contributed by atoms with van der Waals surface area (Å²) in [7, 11) is -3.77. The zero-order chi connectivity index (χ0) is 22.0. The molecule has 0 bridgehead atoms. The number of piperidine rings is 1. The number of para-hydroxylation sites is 2. The number of hydrogen-bond acceptors (Lipinski definition) is 4. The van der Waals surface area contributed by atoms with Crippen molar-refractivity contribution in [3.05, 3.63) is 60.2 Å². The molecule has 31 heavy (non-hydrogen) atoms. The first-order chi connectivity index (χ1) is 14.9. The molecule has 2 heterocycles. The first-order valence-electron chi connectivity index (χ1n) is 10.4. The number of amides is 1. The van der Waals surface area contributed by atoms with Gasteiger partial charge in [0.25, 0.3) is 0 Å². The Hall–Kier alpha value is -2.78. The van der Waals surface area contributed by atoms with E-state index in [9.17, 15) is 17.6 Å². The van der Waals surface area contributed by atoms with Crippen LogP contribution in [0.15, 0.2) is 53.4 Å². The molecule has 1 aromatic heterocycles. The third-order valence-electron chi connectivity index (χ3n) is 5.68. The van der Waals surface area contributed by atoms with Gasteiger partial charge in [-0.15, -0.1) is 0 Å². The van der Waals surface area contributed by atoms with Gasteiger partial charge in [0.2, 0.25) is 15.9 Å². The number of carbonyl (C=O) groups excluding carboxylic acids is 1. The summed E-state index contributed by atoms with van der Waals surface area (Å²) in [5.41, 5.74) is 1.89. The number of aryl methyl sites for hydroxylation is 1. The Morgan fingerprint density at radius 1 is 1.19 bits per heavy atom. The van der Waals surface area contributed by atoms with Gasteiger partial charge in [0.1, 0.15) is 11.6 Å². The van der Waals surface area contributed by atoms with E-state index in [4.69, 9.17) is 0 Å². The van der Waals surface area contributed by atoms with Crippen LogP contribution in [0, 0.1) is 11.7 Å². The van der Waals surface area contributed by atoms with Crippen molar-refractivity contribution in [3.8, 4) is 0 Å². The lowest BCUT2D eigenvalue weighted by Gasteiger charge is -2.31. The predicted octanol–water partition coefficient (Wildman–Crippen LogP) is 2.91. The molecule has 9 heteroatoms. The minimum atomic E-state index is -3.77. The zero-order valence-corrected chi connectivity index (χ0v) is 18.1. The number of nitrogens with zero attached hydrogens (tertiary/aromatic N) is 3. The van der Waals surface area contributed by atoms with E-state index in [0.717, 1.165) is 35.5 Å². The quantitative estimate of drug-likeness (QED) is 0.634. The van der Waals surface area contributed by atoms with E-state index >= 15 is 0 Å². The van der Waals surface area contributed by atoms with Crippen LogP contribution in [-0.4, -0.2) is 41.3 Å². The van der Waals surface area contributed by atoms with Crippen LogP contribution >= 0.6 is 0 Å². The Bertz CT molecular complexity index is 1190. The van der Waals surface area contributed by atoms with E-state index in [1.54, 1.807) is 0 Å². The molecule has 2 aromatic carbocycles. The standard InChI is InChI=1S/C22H25FN4O3S/c1-2-27-20-8-4-3-7-19(20)25-21(27)14-24-22(28)16-6-5-13-26(15-16)31(29,30)18-11-9-17(23)10-12-18/h3-4,7-12,16H,2,5-6,13-15H2,1H3,(H,24,28). The molecule has 0 radical (unpaired) electrons. The van der Waals surface area contributed by atoms with Crippen LogP contribution in [0.1, 0.15) is 25.6 Å². The number of carbonyl (C=O) groups is 1. The van der Waals surface area contributed by atoms with Crippen LogP contribution in [-0.2, 0) is 27.9 Å². The molecule has 1 unspecified atom stereocenters. The van der Waals surface area contributed by atoms with Gasteiger partial charge in [-0.3, -0.25) is 4.79 Å². The van der Waals surface area contributed by atoms with Gasteiger partial charge in [0, 0.05) is 19.6 Å². The maximum Gasteiger partial charge on any atom is 0.243 e. The summed E-state index contributed by atoms with van der Waals surface area (Å²) in [6, 6.07) is 12.6. The summed E-state index contributed by atoms with van der Waals surface area (Å²) in [5, 5.41) is 2.93. The second-order valence-electron chi connectivity index (χ2n) is 7.63. The van der Waals surface area contributed by atoms with Gasteiger partial charge in [-0.25, -0.2) is 17.8 Å². The SMILES string of the molecule is CCn1c(CNC(=O)C2CCCN(S(=O)(=O)c3ccc(F)cc3)C2)nc2ccccc21. The summed E-state index contributed by atoms with van der Waals surface area (Å²) in [5.74, 6) is -0.353. The molecule has 0 aliphatic carbocycles. The van der Waals surface area contributed by atoms with Gasteiger partial charge >= 0.3 is 0 Å². The van der Waals surface area contributed by atoms with Crippen LogP contribution in [0.2, 0.25) is 0 Å². The Kier molecular flexibility index (Phi) is 6.06. The van der Waals surface area contributed by atoms with Crippen molar-refractivity contribution in [3.63, 3.8) is 0 Å². The molecule has 7 nitrogen and oxygen atoms in total. The summed E-state index contributed by atoms with van der Waals surface area (Å²) < 4.78 is 42.3. The van der Waals surface area contributed by atoms with Crippen molar-refractivity contribution in [2.75, 3.05) is 13.1 Å². The Labute approximate surface area is 180 Å².